The van der Waals surface area contributed by atoms with Crippen molar-refractivity contribution < 1.29 is 9.84 Å². The van der Waals surface area contributed by atoms with Gasteiger partial charge in [0.1, 0.15) is 18.5 Å². The van der Waals surface area contributed by atoms with Gasteiger partial charge in [-0.3, -0.25) is 0 Å². The highest BCUT2D eigenvalue weighted by Crippen LogP contribution is 2.55. The van der Waals surface area contributed by atoms with Crippen LogP contribution in [0.15, 0.2) is 24.3 Å². The molecule has 0 aliphatic heterocycles. The van der Waals surface area contributed by atoms with Crippen LogP contribution in [0, 0.1) is 17.8 Å². The Bertz CT molecular complexity index is 562. The molecule has 4 aliphatic rings. The predicted octanol–water partition coefficient (Wildman–Crippen LogP) is 4.11. The van der Waals surface area contributed by atoms with Gasteiger partial charge in [-0.2, -0.15) is 0 Å². The van der Waals surface area contributed by atoms with Crippen LogP contribution in [0.3, 0.4) is 0 Å². The van der Waals surface area contributed by atoms with E-state index >= 15 is 0 Å². The highest BCUT2D eigenvalue weighted by Gasteiger charge is 2.50. The van der Waals surface area contributed by atoms with Crippen LogP contribution in [0.4, 0.5) is 0 Å². The Balaban J connectivity index is 1.29. The molecular weight excluding hydrogens is 310 g/mol. The fourth-order valence-corrected chi connectivity index (χ4v) is 6.00. The highest BCUT2D eigenvalue weighted by atomic mass is 16.5. The lowest BCUT2D eigenvalue weighted by atomic mass is 9.53. The van der Waals surface area contributed by atoms with Gasteiger partial charge in [0.15, 0.2) is 0 Å². The van der Waals surface area contributed by atoms with Gasteiger partial charge >= 0.3 is 0 Å². The number of rotatable bonds is 7. The van der Waals surface area contributed by atoms with Crippen LogP contribution >= 0.6 is 0 Å². The molecule has 3 nitrogen and oxygen atoms in total. The van der Waals surface area contributed by atoms with Crippen molar-refractivity contribution in [3.8, 4) is 5.75 Å². The molecule has 4 fully saturated rings. The molecule has 0 radical (unpaired) electrons. The van der Waals surface area contributed by atoms with Crippen molar-refractivity contribution in [2.24, 2.45) is 17.8 Å². The molecule has 0 amide bonds. The molecule has 0 aromatic heterocycles. The van der Waals surface area contributed by atoms with Crippen molar-refractivity contribution in [3.05, 3.63) is 29.8 Å². The Morgan fingerprint density at radius 1 is 1.08 bits per heavy atom. The maximum absolute atomic E-state index is 10.5. The second-order valence-corrected chi connectivity index (χ2v) is 9.24. The van der Waals surface area contributed by atoms with Gasteiger partial charge in [-0.1, -0.05) is 32.0 Å². The minimum absolute atomic E-state index is 0.311. The van der Waals surface area contributed by atoms with E-state index in [4.69, 9.17) is 4.74 Å². The van der Waals surface area contributed by atoms with Crippen molar-refractivity contribution in [2.75, 3.05) is 13.2 Å². The summed E-state index contributed by atoms with van der Waals surface area (Å²) in [5, 5.41) is 14.2. The first-order chi connectivity index (χ1) is 12.0. The molecule has 5 rings (SSSR count). The fourth-order valence-electron chi connectivity index (χ4n) is 6.00. The Morgan fingerprint density at radius 3 is 2.28 bits per heavy atom. The lowest BCUT2D eigenvalue weighted by molar-refractivity contribution is -0.0266. The second kappa shape index (κ2) is 6.92. The van der Waals surface area contributed by atoms with Crippen LogP contribution in [-0.2, 0) is 0 Å². The maximum atomic E-state index is 10.5. The van der Waals surface area contributed by atoms with E-state index < -0.39 is 6.10 Å². The molecule has 0 saturated heterocycles. The summed E-state index contributed by atoms with van der Waals surface area (Å²) >= 11 is 0. The van der Waals surface area contributed by atoms with Gasteiger partial charge in [-0.25, -0.2) is 0 Å². The number of hydrogen-bond acceptors (Lipinski definition) is 3. The van der Waals surface area contributed by atoms with Crippen LogP contribution < -0.4 is 10.1 Å². The number of ether oxygens (including phenoxy) is 1. The van der Waals surface area contributed by atoms with E-state index in [1.807, 2.05) is 18.2 Å². The zero-order valence-corrected chi connectivity index (χ0v) is 15.7. The Hall–Kier alpha value is -1.06. The van der Waals surface area contributed by atoms with Crippen LogP contribution in [-0.4, -0.2) is 29.9 Å². The molecule has 4 saturated carbocycles. The minimum Gasteiger partial charge on any atom is -0.491 e. The van der Waals surface area contributed by atoms with Crippen LogP contribution in [0.1, 0.15) is 63.9 Å². The quantitative estimate of drug-likeness (QED) is 0.783. The lowest BCUT2D eigenvalue weighted by Gasteiger charge is -2.57. The number of benzene rings is 1. The summed E-state index contributed by atoms with van der Waals surface area (Å²) in [4.78, 5) is 0. The molecular formula is C22H33NO2. The van der Waals surface area contributed by atoms with Crippen molar-refractivity contribution in [1.29, 1.82) is 0 Å². The van der Waals surface area contributed by atoms with Crippen LogP contribution in [0.5, 0.6) is 5.75 Å². The van der Waals surface area contributed by atoms with Gasteiger partial charge in [-0.05, 0) is 73.8 Å². The van der Waals surface area contributed by atoms with Crippen molar-refractivity contribution in [2.45, 2.75) is 69.9 Å². The first-order valence-electron chi connectivity index (χ1n) is 10.2. The third-order valence-electron chi connectivity index (χ3n) is 6.72. The highest BCUT2D eigenvalue weighted by molar-refractivity contribution is 5.35. The van der Waals surface area contributed by atoms with Gasteiger partial charge in [0.25, 0.3) is 0 Å². The Morgan fingerprint density at radius 2 is 1.68 bits per heavy atom. The van der Waals surface area contributed by atoms with E-state index in [1.165, 1.54) is 44.1 Å². The van der Waals surface area contributed by atoms with Crippen LogP contribution in [0.25, 0.3) is 0 Å². The summed E-state index contributed by atoms with van der Waals surface area (Å²) in [6.45, 7) is 5.36. The third-order valence-corrected chi connectivity index (χ3v) is 6.72. The zero-order valence-electron chi connectivity index (χ0n) is 15.7. The second-order valence-electron chi connectivity index (χ2n) is 9.24. The fraction of sp³-hybridized carbons (Fsp3) is 0.727. The number of hydrogen-bond donors (Lipinski definition) is 2. The lowest BCUT2D eigenvalue weighted by Crippen LogP contribution is -2.59. The van der Waals surface area contributed by atoms with E-state index in [1.54, 1.807) is 0 Å². The summed E-state index contributed by atoms with van der Waals surface area (Å²) < 4.78 is 5.94. The largest absolute Gasteiger partial charge is 0.491 e. The minimum atomic E-state index is -0.451. The van der Waals surface area contributed by atoms with Crippen molar-refractivity contribution >= 4 is 0 Å². The number of aliphatic hydroxyl groups is 1. The molecule has 1 aromatic carbocycles. The summed E-state index contributed by atoms with van der Waals surface area (Å²) in [6.07, 6.45) is 7.89. The molecule has 1 unspecified atom stereocenters. The normalized spacial score (nSPS) is 34.5. The van der Waals surface area contributed by atoms with Crippen molar-refractivity contribution in [1.82, 2.24) is 5.32 Å². The number of para-hydroxylation sites is 1. The Labute approximate surface area is 152 Å². The molecule has 4 bridgehead atoms. The third kappa shape index (κ3) is 3.73. The van der Waals surface area contributed by atoms with E-state index in [-0.39, 0.29) is 0 Å². The van der Waals surface area contributed by atoms with E-state index in [0.717, 1.165) is 23.5 Å². The van der Waals surface area contributed by atoms with Gasteiger partial charge in [0.2, 0.25) is 0 Å². The predicted molar refractivity (Wildman–Crippen MR) is 101 cm³/mol. The van der Waals surface area contributed by atoms with Gasteiger partial charge < -0.3 is 15.2 Å². The molecule has 1 atom stereocenters. The molecule has 2 N–H and O–H groups in total. The summed E-state index contributed by atoms with van der Waals surface area (Å²) in [5.41, 5.74) is 1.52. The average molecular weight is 344 g/mol. The first kappa shape index (κ1) is 17.4. The smallest absolute Gasteiger partial charge is 0.122 e. The van der Waals surface area contributed by atoms with Crippen molar-refractivity contribution in [3.63, 3.8) is 0 Å². The topological polar surface area (TPSA) is 41.5 Å². The van der Waals surface area contributed by atoms with E-state index in [2.05, 4.69) is 25.2 Å². The molecule has 0 heterocycles. The molecule has 138 valence electrons. The monoisotopic (exact) mass is 343 g/mol. The van der Waals surface area contributed by atoms with E-state index in [9.17, 15) is 5.11 Å². The van der Waals surface area contributed by atoms with Crippen LogP contribution in [0.2, 0.25) is 0 Å². The zero-order chi connectivity index (χ0) is 17.4. The number of β-amino-alcohol motifs (C(OH)–C–C–N with tert-alkyl or cyclic N) is 1. The number of nitrogens with one attached hydrogen (secondary N) is 1. The van der Waals surface area contributed by atoms with Gasteiger partial charge in [0, 0.05) is 12.1 Å². The first-order valence-corrected chi connectivity index (χ1v) is 10.2. The molecule has 25 heavy (non-hydrogen) atoms. The van der Waals surface area contributed by atoms with Gasteiger partial charge in [-0.15, -0.1) is 0 Å². The Kier molecular flexibility index (Phi) is 4.81. The summed E-state index contributed by atoms with van der Waals surface area (Å²) in [7, 11) is 0. The summed E-state index contributed by atoms with van der Waals surface area (Å²) in [5.74, 6) is 4.14. The SMILES string of the molecule is CC(C)c1ccccc1OCC(O)CNC12CC3CC(CC(C3)C1)C2. The average Bonchev–Trinajstić information content (AvgIpc) is 2.57. The molecule has 4 aliphatic carbocycles. The standard InChI is InChI=1S/C22H33NO2/c1-15(2)20-5-3-4-6-21(20)25-14-19(24)13-23-22-10-16-7-17(11-22)9-18(8-16)12-22/h3-6,15-19,23-24H,7-14H2,1-2H3. The molecule has 0 spiro atoms. The number of aliphatic hydroxyl groups excluding tert-OH is 1. The van der Waals surface area contributed by atoms with Gasteiger partial charge in [0.05, 0.1) is 0 Å². The molecule has 3 heteroatoms. The van der Waals surface area contributed by atoms with E-state index in [0.29, 0.717) is 24.6 Å². The molecule has 1 aromatic rings. The maximum Gasteiger partial charge on any atom is 0.122 e. The summed E-state index contributed by atoms with van der Waals surface area (Å²) in [6, 6.07) is 8.17.